The van der Waals surface area contributed by atoms with Gasteiger partial charge in [-0.2, -0.15) is 0 Å². The molecule has 2 heterocycles. The Bertz CT molecular complexity index is 1100. The van der Waals surface area contributed by atoms with Gasteiger partial charge >= 0.3 is 0 Å². The van der Waals surface area contributed by atoms with Crippen molar-refractivity contribution in [3.05, 3.63) is 95.8 Å². The van der Waals surface area contributed by atoms with Gasteiger partial charge in [0.1, 0.15) is 12.4 Å². The maximum Gasteiger partial charge on any atom is 0.167 e. The van der Waals surface area contributed by atoms with E-state index in [-0.39, 0.29) is 0 Å². The van der Waals surface area contributed by atoms with Gasteiger partial charge in [0.2, 0.25) is 0 Å². The number of benzene rings is 2. The molecule has 0 aliphatic rings. The molecule has 0 bridgehead atoms. The zero-order chi connectivity index (χ0) is 19.3. The van der Waals surface area contributed by atoms with Gasteiger partial charge in [0.15, 0.2) is 6.29 Å². The number of aldehydes is 1. The van der Waals surface area contributed by atoms with E-state index in [4.69, 9.17) is 4.74 Å². The fourth-order valence-corrected chi connectivity index (χ4v) is 3.57. The number of pyridine rings is 1. The quantitative estimate of drug-likeness (QED) is 0.377. The van der Waals surface area contributed by atoms with Crippen molar-refractivity contribution in [2.24, 2.45) is 0 Å². The van der Waals surface area contributed by atoms with Crippen molar-refractivity contribution in [2.45, 2.75) is 26.4 Å². The lowest BCUT2D eigenvalue weighted by molar-refractivity contribution is 0.111. The molecule has 0 unspecified atom stereocenters. The van der Waals surface area contributed by atoms with E-state index in [9.17, 15) is 4.79 Å². The molecule has 0 amide bonds. The topological polar surface area (TPSA) is 30.7 Å². The van der Waals surface area contributed by atoms with Crippen LogP contribution >= 0.6 is 0 Å². The van der Waals surface area contributed by atoms with Gasteiger partial charge in [0, 0.05) is 22.8 Å². The molecule has 2 aromatic carbocycles. The average molecular weight is 369 g/mol. The van der Waals surface area contributed by atoms with Crippen molar-refractivity contribution < 1.29 is 9.53 Å². The minimum Gasteiger partial charge on any atom is -0.488 e. The molecule has 2 aromatic heterocycles. The van der Waals surface area contributed by atoms with E-state index >= 15 is 0 Å². The van der Waals surface area contributed by atoms with Crippen LogP contribution in [0.25, 0.3) is 16.6 Å². The first-order valence-corrected chi connectivity index (χ1v) is 9.65. The maximum atomic E-state index is 11.9. The minimum absolute atomic E-state index is 0.491. The van der Waals surface area contributed by atoms with Gasteiger partial charge in [-0.25, -0.2) is 0 Å². The molecule has 0 radical (unpaired) electrons. The minimum atomic E-state index is 0.491. The van der Waals surface area contributed by atoms with Crippen LogP contribution in [0.3, 0.4) is 0 Å². The molecule has 0 aliphatic carbocycles. The molecule has 0 N–H and O–H groups in total. The molecule has 0 atom stereocenters. The van der Waals surface area contributed by atoms with Crippen molar-refractivity contribution >= 4 is 11.8 Å². The Hall–Kier alpha value is -3.33. The Balaban J connectivity index is 1.79. The molecule has 4 rings (SSSR count). The molecule has 0 saturated carbocycles. The predicted octanol–water partition coefficient (Wildman–Crippen LogP) is 5.95. The first kappa shape index (κ1) is 18.1. The Morgan fingerprint density at radius 1 is 0.893 bits per heavy atom. The van der Waals surface area contributed by atoms with E-state index in [1.54, 1.807) is 0 Å². The average Bonchev–Trinajstić information content (AvgIpc) is 3.12. The summed E-state index contributed by atoms with van der Waals surface area (Å²) in [6, 6.07) is 24.4. The number of hydrogen-bond acceptors (Lipinski definition) is 2. The predicted molar refractivity (Wildman–Crippen MR) is 113 cm³/mol. The zero-order valence-electron chi connectivity index (χ0n) is 16.0. The molecule has 4 aromatic rings. The normalized spacial score (nSPS) is 10.9. The van der Waals surface area contributed by atoms with E-state index in [0.29, 0.717) is 12.3 Å². The summed E-state index contributed by atoms with van der Waals surface area (Å²) in [5.41, 5.74) is 5.87. The first-order valence-electron chi connectivity index (χ1n) is 9.65. The monoisotopic (exact) mass is 369 g/mol. The molecule has 0 saturated heterocycles. The van der Waals surface area contributed by atoms with E-state index < -0.39 is 0 Å². The summed E-state index contributed by atoms with van der Waals surface area (Å²) in [4.78, 5) is 11.9. The van der Waals surface area contributed by atoms with Crippen LogP contribution in [-0.4, -0.2) is 10.7 Å². The molecule has 140 valence electrons. The van der Waals surface area contributed by atoms with Gasteiger partial charge in [-0.05, 0) is 47.9 Å². The highest BCUT2D eigenvalue weighted by Gasteiger charge is 2.16. The second-order valence-electron chi connectivity index (χ2n) is 6.91. The lowest BCUT2D eigenvalue weighted by atomic mass is 10.00. The van der Waals surface area contributed by atoms with Gasteiger partial charge in [0.05, 0.1) is 5.69 Å². The van der Waals surface area contributed by atoms with Crippen LogP contribution in [0.15, 0.2) is 79.0 Å². The third-order valence-corrected chi connectivity index (χ3v) is 4.94. The number of hydrogen-bond donors (Lipinski definition) is 0. The lowest BCUT2D eigenvalue weighted by Crippen LogP contribution is -1.99. The van der Waals surface area contributed by atoms with Crippen LogP contribution in [-0.2, 0) is 13.0 Å². The van der Waals surface area contributed by atoms with Gasteiger partial charge < -0.3 is 9.14 Å². The number of rotatable bonds is 7. The largest absolute Gasteiger partial charge is 0.488 e. The summed E-state index contributed by atoms with van der Waals surface area (Å²) in [6.07, 6.45) is 4.91. The fraction of sp³-hybridized carbons (Fsp3) is 0.160. The van der Waals surface area contributed by atoms with Crippen LogP contribution in [0.5, 0.6) is 5.75 Å². The SMILES string of the molecule is CCCc1ccc(OCc2ccccc2)c(-c2cc3ccccn3c2C=O)c1. The smallest absolute Gasteiger partial charge is 0.167 e. The number of fused-ring (bicyclic) bond motifs is 1. The third kappa shape index (κ3) is 3.56. The second-order valence-corrected chi connectivity index (χ2v) is 6.91. The third-order valence-electron chi connectivity index (χ3n) is 4.94. The van der Waals surface area contributed by atoms with Crippen LogP contribution in [0.4, 0.5) is 0 Å². The van der Waals surface area contributed by atoms with E-state index in [2.05, 4.69) is 37.3 Å². The molecule has 0 fully saturated rings. The standard InChI is InChI=1S/C25H23NO2/c1-2-8-19-12-13-25(28-18-20-9-4-3-5-10-20)23(15-19)22-16-21-11-6-7-14-26(21)24(22)17-27/h3-7,9-17H,2,8,18H2,1H3. The van der Waals surface area contributed by atoms with Crippen LogP contribution in [0, 0.1) is 0 Å². The number of aromatic nitrogens is 1. The van der Waals surface area contributed by atoms with Gasteiger partial charge in [-0.1, -0.05) is 55.8 Å². The zero-order valence-corrected chi connectivity index (χ0v) is 16.0. The van der Waals surface area contributed by atoms with Crippen molar-refractivity contribution in [3.63, 3.8) is 0 Å². The van der Waals surface area contributed by atoms with Crippen molar-refractivity contribution in [1.82, 2.24) is 4.40 Å². The first-order chi connectivity index (χ1) is 13.8. The van der Waals surface area contributed by atoms with Gasteiger partial charge in [-0.3, -0.25) is 4.79 Å². The van der Waals surface area contributed by atoms with E-state index in [1.165, 1.54) is 5.56 Å². The summed E-state index contributed by atoms with van der Waals surface area (Å²) >= 11 is 0. The second kappa shape index (κ2) is 8.13. The van der Waals surface area contributed by atoms with Gasteiger partial charge in [-0.15, -0.1) is 0 Å². The van der Waals surface area contributed by atoms with Crippen LogP contribution < -0.4 is 4.74 Å². The highest BCUT2D eigenvalue weighted by molar-refractivity contribution is 5.91. The highest BCUT2D eigenvalue weighted by atomic mass is 16.5. The Labute approximate surface area is 165 Å². The molecule has 0 spiro atoms. The number of ether oxygens (including phenoxy) is 1. The number of carbonyl (C=O) groups excluding carboxylic acids is 1. The highest BCUT2D eigenvalue weighted by Crippen LogP contribution is 2.35. The van der Waals surface area contributed by atoms with E-state index in [1.807, 2.05) is 53.1 Å². The molecule has 3 heteroatoms. The van der Waals surface area contributed by atoms with Crippen molar-refractivity contribution in [2.75, 3.05) is 0 Å². The number of nitrogens with zero attached hydrogens (tertiary/aromatic N) is 1. The number of carbonyl (C=O) groups is 1. The van der Waals surface area contributed by atoms with Crippen LogP contribution in [0.1, 0.15) is 35.0 Å². The Kier molecular flexibility index (Phi) is 5.24. The summed E-state index contributed by atoms with van der Waals surface area (Å²) in [7, 11) is 0. The van der Waals surface area contributed by atoms with E-state index in [0.717, 1.165) is 47.1 Å². The lowest BCUT2D eigenvalue weighted by Gasteiger charge is -2.13. The van der Waals surface area contributed by atoms with Gasteiger partial charge in [0.25, 0.3) is 0 Å². The summed E-state index contributed by atoms with van der Waals surface area (Å²) in [5, 5.41) is 0. The summed E-state index contributed by atoms with van der Waals surface area (Å²) in [5.74, 6) is 0.794. The summed E-state index contributed by atoms with van der Waals surface area (Å²) in [6.45, 7) is 2.66. The Morgan fingerprint density at radius 2 is 1.71 bits per heavy atom. The summed E-state index contributed by atoms with van der Waals surface area (Å²) < 4.78 is 8.11. The molecular weight excluding hydrogens is 346 g/mol. The van der Waals surface area contributed by atoms with Crippen LogP contribution in [0.2, 0.25) is 0 Å². The number of aryl methyl sites for hydroxylation is 1. The molecule has 28 heavy (non-hydrogen) atoms. The van der Waals surface area contributed by atoms with Crippen molar-refractivity contribution in [1.29, 1.82) is 0 Å². The fourth-order valence-electron chi connectivity index (χ4n) is 3.57. The molecule has 3 nitrogen and oxygen atoms in total. The van der Waals surface area contributed by atoms with Crippen molar-refractivity contribution in [3.8, 4) is 16.9 Å². The Morgan fingerprint density at radius 3 is 2.50 bits per heavy atom. The molecular formula is C25H23NO2. The maximum absolute atomic E-state index is 11.9. The molecule has 0 aliphatic heterocycles.